The molecule has 3 heterocycles. The van der Waals surface area contributed by atoms with Crippen LogP contribution in [-0.4, -0.2) is 146 Å². The van der Waals surface area contributed by atoms with Gasteiger partial charge in [0.2, 0.25) is 0 Å². The summed E-state index contributed by atoms with van der Waals surface area (Å²) in [6, 6.07) is 0. The van der Waals surface area contributed by atoms with Crippen molar-refractivity contribution in [1.82, 2.24) is 0 Å². The molecule has 6 fully saturated rings. The fraction of sp³-hybridized carbons (Fsp3) is 0.872. The van der Waals surface area contributed by atoms with Crippen molar-refractivity contribution in [2.75, 3.05) is 21.3 Å². The van der Waals surface area contributed by atoms with Gasteiger partial charge in [0.05, 0.1) is 42.2 Å². The van der Waals surface area contributed by atoms with Crippen LogP contribution < -0.4 is 0 Å². The summed E-state index contributed by atoms with van der Waals surface area (Å²) in [4.78, 5) is 26.4. The second-order valence-corrected chi connectivity index (χ2v) is 19.8. The highest BCUT2D eigenvalue weighted by molar-refractivity contribution is 5.88. The number of aliphatic hydroxyl groups excluding tert-OH is 2. The fourth-order valence-electron chi connectivity index (χ4n) is 12.8. The van der Waals surface area contributed by atoms with Crippen LogP contribution in [0.15, 0.2) is 23.3 Å². The molecule has 3 aliphatic heterocycles. The third-order valence-electron chi connectivity index (χ3n) is 16.6. The van der Waals surface area contributed by atoms with Crippen molar-refractivity contribution in [2.24, 2.45) is 28.6 Å². The Morgan fingerprint density at radius 2 is 1.40 bits per heavy atom. The van der Waals surface area contributed by atoms with Crippen molar-refractivity contribution < 1.29 is 72.3 Å². The average molecular weight is 879 g/mol. The van der Waals surface area contributed by atoms with Gasteiger partial charge in [-0.05, 0) is 104 Å². The Kier molecular flexibility index (Phi) is 14.6. The van der Waals surface area contributed by atoms with Crippen LogP contribution in [-0.2, 0) is 57.0 Å². The van der Waals surface area contributed by atoms with E-state index in [0.29, 0.717) is 44.1 Å². The van der Waals surface area contributed by atoms with Gasteiger partial charge in [-0.1, -0.05) is 31.6 Å². The summed E-state index contributed by atoms with van der Waals surface area (Å²) in [5, 5.41) is 34.1. The molecule has 3 saturated heterocycles. The number of hydrogen-bond donors (Lipinski definition) is 3. The Hall–Kier alpha value is -1.86. The van der Waals surface area contributed by atoms with E-state index in [1.807, 2.05) is 27.7 Å². The maximum atomic E-state index is 13.3. The molecule has 15 nitrogen and oxygen atoms in total. The van der Waals surface area contributed by atoms with E-state index >= 15 is 0 Å². The molecule has 62 heavy (non-hydrogen) atoms. The minimum atomic E-state index is -1.22. The first kappa shape index (κ1) is 48.1. The zero-order valence-corrected chi connectivity index (χ0v) is 38.7. The van der Waals surface area contributed by atoms with Gasteiger partial charge in [-0.25, -0.2) is 4.79 Å². The summed E-state index contributed by atoms with van der Waals surface area (Å²) in [5.41, 5.74) is -0.439. The number of rotatable bonds is 12. The number of carbonyl (C=O) groups is 2. The third-order valence-corrected chi connectivity index (χ3v) is 16.6. The lowest BCUT2D eigenvalue weighted by molar-refractivity contribution is -0.352. The molecule has 0 aromatic rings. The Morgan fingerprint density at radius 3 is 2.00 bits per heavy atom. The Labute approximate surface area is 367 Å². The molecule has 7 aliphatic rings. The van der Waals surface area contributed by atoms with Gasteiger partial charge in [0, 0.05) is 51.1 Å². The van der Waals surface area contributed by atoms with Crippen molar-refractivity contribution in [3.05, 3.63) is 23.3 Å². The van der Waals surface area contributed by atoms with Gasteiger partial charge >= 0.3 is 5.97 Å². The second-order valence-electron chi connectivity index (χ2n) is 19.8. The van der Waals surface area contributed by atoms with Crippen LogP contribution in [0.3, 0.4) is 0 Å². The number of Topliss-reactive ketones (excluding diaryl/α,β-unsaturated/α-hetero) is 1. The molecular weight excluding hydrogens is 805 g/mol. The number of carbonyl (C=O) groups excluding carboxylic acids is 2. The number of esters is 1. The third kappa shape index (κ3) is 8.42. The van der Waals surface area contributed by atoms with Gasteiger partial charge in [-0.2, -0.15) is 0 Å². The van der Waals surface area contributed by atoms with Crippen LogP contribution in [0.2, 0.25) is 0 Å². The first-order valence-corrected chi connectivity index (χ1v) is 23.0. The number of ether oxygens (including phenoxy) is 10. The largest absolute Gasteiger partial charge is 0.458 e. The summed E-state index contributed by atoms with van der Waals surface area (Å²) < 4.78 is 61.8. The molecule has 352 valence electrons. The minimum Gasteiger partial charge on any atom is -0.458 e. The zero-order chi connectivity index (χ0) is 45.1. The average Bonchev–Trinajstić information content (AvgIpc) is 3.53. The Balaban J connectivity index is 0.980. The summed E-state index contributed by atoms with van der Waals surface area (Å²) in [6.45, 7) is 15.0. The SMILES string of the molecule is CC=C(C)C(=O)O[C@@H]1C[C@H]2[C@@H](CC=C3C[C@@H](O[C@H]4C[C@@H](OC)[C@H](O[C@H]5C[C@@H](OC)[C@H](O[C@@H]6OC(C)[C@@H](O)[C@@H](OC)C6O)C(C)O5)C(C)O4)CC[C@@]32C)[C@@]2(O)CC[C@H](C(C)=O)[C@@]12C. The first-order chi connectivity index (χ1) is 29.3. The predicted molar refractivity (Wildman–Crippen MR) is 223 cm³/mol. The van der Waals surface area contributed by atoms with Crippen molar-refractivity contribution in [1.29, 1.82) is 0 Å². The lowest BCUT2D eigenvalue weighted by Gasteiger charge is -2.63. The van der Waals surface area contributed by atoms with Crippen LogP contribution in [0.1, 0.15) is 113 Å². The summed E-state index contributed by atoms with van der Waals surface area (Å²) in [5.74, 6) is -0.727. The Morgan fingerprint density at radius 1 is 0.774 bits per heavy atom. The van der Waals surface area contributed by atoms with E-state index in [2.05, 4.69) is 13.0 Å². The van der Waals surface area contributed by atoms with E-state index in [1.54, 1.807) is 41.1 Å². The van der Waals surface area contributed by atoms with Crippen LogP contribution >= 0.6 is 0 Å². The number of hydrogen-bond acceptors (Lipinski definition) is 15. The summed E-state index contributed by atoms with van der Waals surface area (Å²) in [7, 11) is 4.68. The number of allylic oxidation sites excluding steroid dienone is 2. The van der Waals surface area contributed by atoms with Crippen molar-refractivity contribution in [2.45, 2.75) is 211 Å². The van der Waals surface area contributed by atoms with E-state index in [1.165, 1.54) is 12.7 Å². The Bertz CT molecular complexity index is 1670. The van der Waals surface area contributed by atoms with Gasteiger partial charge in [0.1, 0.15) is 42.4 Å². The van der Waals surface area contributed by atoms with Crippen LogP contribution in [0, 0.1) is 28.6 Å². The molecule has 0 aromatic heterocycles. The number of methoxy groups -OCH3 is 3. The molecule has 0 bridgehead atoms. The summed E-state index contributed by atoms with van der Waals surface area (Å²) >= 11 is 0. The zero-order valence-electron chi connectivity index (χ0n) is 38.7. The molecule has 0 aromatic carbocycles. The molecule has 7 rings (SSSR count). The van der Waals surface area contributed by atoms with E-state index in [-0.39, 0.29) is 41.2 Å². The van der Waals surface area contributed by atoms with Crippen LogP contribution in [0.5, 0.6) is 0 Å². The van der Waals surface area contributed by atoms with Crippen molar-refractivity contribution in [3.63, 3.8) is 0 Å². The lowest BCUT2D eigenvalue weighted by atomic mass is 9.45. The van der Waals surface area contributed by atoms with E-state index < -0.39 is 96.9 Å². The topological polar surface area (TPSA) is 187 Å². The van der Waals surface area contributed by atoms with Gasteiger partial charge in [0.25, 0.3) is 0 Å². The smallest absolute Gasteiger partial charge is 0.333 e. The van der Waals surface area contributed by atoms with Crippen molar-refractivity contribution in [3.8, 4) is 0 Å². The van der Waals surface area contributed by atoms with Gasteiger partial charge in [-0.15, -0.1) is 0 Å². The van der Waals surface area contributed by atoms with E-state index in [4.69, 9.17) is 47.4 Å². The summed E-state index contributed by atoms with van der Waals surface area (Å²) in [6.07, 6.45) is 0.173. The first-order valence-electron chi connectivity index (χ1n) is 23.0. The fourth-order valence-corrected chi connectivity index (χ4v) is 12.8. The second kappa shape index (κ2) is 18.8. The monoisotopic (exact) mass is 879 g/mol. The van der Waals surface area contributed by atoms with Crippen LogP contribution in [0.25, 0.3) is 0 Å². The maximum absolute atomic E-state index is 13.3. The van der Waals surface area contributed by atoms with Gasteiger partial charge in [0.15, 0.2) is 18.9 Å². The molecule has 4 unspecified atom stereocenters. The molecular formula is C47H74O15. The number of ketones is 1. The molecule has 0 amide bonds. The maximum Gasteiger partial charge on any atom is 0.333 e. The molecule has 3 saturated carbocycles. The predicted octanol–water partition coefficient (Wildman–Crippen LogP) is 4.69. The normalized spacial score (nSPS) is 49.6. The molecule has 3 N–H and O–H groups in total. The lowest BCUT2D eigenvalue weighted by Crippen LogP contribution is -2.66. The molecule has 0 spiro atoms. The van der Waals surface area contributed by atoms with Crippen LogP contribution in [0.4, 0.5) is 0 Å². The van der Waals surface area contributed by atoms with E-state index in [0.717, 1.165) is 19.3 Å². The minimum absolute atomic E-state index is 0.0391. The quantitative estimate of drug-likeness (QED) is 0.139. The van der Waals surface area contributed by atoms with E-state index in [9.17, 15) is 24.9 Å². The van der Waals surface area contributed by atoms with Gasteiger partial charge in [-0.3, -0.25) is 4.79 Å². The molecule has 21 atom stereocenters. The molecule has 0 radical (unpaired) electrons. The molecule has 4 aliphatic carbocycles. The highest BCUT2D eigenvalue weighted by Gasteiger charge is 2.71. The highest BCUT2D eigenvalue weighted by atomic mass is 16.8. The molecule has 15 heteroatoms. The number of aliphatic hydroxyl groups is 3. The highest BCUT2D eigenvalue weighted by Crippen LogP contribution is 2.68. The van der Waals surface area contributed by atoms with Gasteiger partial charge < -0.3 is 62.7 Å². The van der Waals surface area contributed by atoms with Crippen molar-refractivity contribution >= 4 is 11.8 Å². The number of fused-ring (bicyclic) bond motifs is 5. The standard InChI is InChI=1S/C47H74O15/c1-12-23(2)43(51)60-35-20-32-31(47(52)18-16-30(24(3)48)46(35,47)8)14-13-28-19-29(15-17-45(28,32)7)59-36-21-33(53-9)40(26(5)56-36)61-37-22-34(54-10)41(27(6)57-37)62-44-39(50)42(55-11)38(49)25(4)58-44/h12-13,25-27,29-42,44,49-50,52H,14-22H2,1-11H3/t25?,26?,27?,29-,30+,31+,32-,33+,34+,35+,36-,37-,38+,39?,40+,41+,42+,44-,45-,46-,47-/m0/s1.